The van der Waals surface area contributed by atoms with Crippen molar-refractivity contribution in [2.24, 2.45) is 5.41 Å². The summed E-state index contributed by atoms with van der Waals surface area (Å²) in [5.41, 5.74) is -2.21. The topological polar surface area (TPSA) is 55.8 Å². The van der Waals surface area contributed by atoms with E-state index in [-0.39, 0.29) is 29.5 Å². The largest absolute Gasteiger partial charge is 0.488 e. The summed E-state index contributed by atoms with van der Waals surface area (Å²) in [7, 11) is 0. The van der Waals surface area contributed by atoms with E-state index in [1.807, 2.05) is 27.7 Å². The lowest BCUT2D eigenvalue weighted by molar-refractivity contribution is -0.165. The Labute approximate surface area is 109 Å². The highest BCUT2D eigenvalue weighted by molar-refractivity contribution is 6.10. The Morgan fingerprint density at radius 1 is 1.06 bits per heavy atom. The van der Waals surface area contributed by atoms with E-state index in [9.17, 15) is 9.90 Å². The van der Waals surface area contributed by atoms with Gasteiger partial charge in [0.25, 0.3) is 0 Å². The Morgan fingerprint density at radius 2 is 1.50 bits per heavy atom. The predicted octanol–water partition coefficient (Wildman–Crippen LogP) is 2.41. The molecule has 0 aliphatic heterocycles. The minimum atomic E-state index is -1.58. The van der Waals surface area contributed by atoms with Gasteiger partial charge in [0, 0.05) is 5.41 Å². The summed E-state index contributed by atoms with van der Waals surface area (Å²) in [6.07, 6.45) is -0.244. The van der Waals surface area contributed by atoms with Gasteiger partial charge in [0.2, 0.25) is 11.5 Å². The summed E-state index contributed by atoms with van der Waals surface area (Å²) in [6.45, 7) is 12.8. The van der Waals surface area contributed by atoms with E-state index < -0.39 is 11.0 Å². The zero-order valence-corrected chi connectivity index (χ0v) is 12.3. The van der Waals surface area contributed by atoms with Gasteiger partial charge in [-0.2, -0.15) is 0 Å². The van der Waals surface area contributed by atoms with E-state index in [0.717, 1.165) is 0 Å². The summed E-state index contributed by atoms with van der Waals surface area (Å²) in [5, 5.41) is 10.6. The SMILES string of the molecule is CC(C)OC1=C(OC(C)C)C(O)(C(C)(C)C)C1=O. The summed E-state index contributed by atoms with van der Waals surface area (Å²) in [4.78, 5) is 12.1. The Balaban J connectivity index is 3.18. The third-order valence-electron chi connectivity index (χ3n) is 2.86. The number of carbonyl (C=O) groups is 1. The number of hydrogen-bond donors (Lipinski definition) is 1. The number of ether oxygens (including phenoxy) is 2. The number of aliphatic hydroxyl groups is 1. The second-order valence-corrected chi connectivity index (χ2v) is 6.28. The molecule has 0 aromatic heterocycles. The summed E-state index contributed by atoms with van der Waals surface area (Å²) < 4.78 is 11.0. The molecule has 0 radical (unpaired) electrons. The van der Waals surface area contributed by atoms with Crippen molar-refractivity contribution in [3.63, 3.8) is 0 Å². The highest BCUT2D eigenvalue weighted by Crippen LogP contribution is 2.48. The average Bonchev–Trinajstić information content (AvgIpc) is 2.19. The van der Waals surface area contributed by atoms with Gasteiger partial charge in [0.15, 0.2) is 11.4 Å². The van der Waals surface area contributed by atoms with E-state index in [1.165, 1.54) is 0 Å². The number of hydrogen-bond acceptors (Lipinski definition) is 4. The molecule has 0 saturated heterocycles. The highest BCUT2D eigenvalue weighted by Gasteiger charge is 2.63. The van der Waals surface area contributed by atoms with Crippen LogP contribution < -0.4 is 0 Å². The minimum Gasteiger partial charge on any atom is -0.488 e. The van der Waals surface area contributed by atoms with Gasteiger partial charge in [0.05, 0.1) is 12.2 Å². The number of Topliss-reactive ketones (excluding diaryl/α,β-unsaturated/α-hetero) is 1. The zero-order valence-electron chi connectivity index (χ0n) is 12.3. The molecule has 0 aromatic carbocycles. The molecule has 0 saturated carbocycles. The molecular weight excluding hydrogens is 232 g/mol. The third-order valence-corrected chi connectivity index (χ3v) is 2.86. The van der Waals surface area contributed by atoms with Crippen LogP contribution in [0.3, 0.4) is 0 Å². The van der Waals surface area contributed by atoms with Crippen LogP contribution in [0.25, 0.3) is 0 Å². The summed E-state index contributed by atoms with van der Waals surface area (Å²) in [6, 6.07) is 0. The van der Waals surface area contributed by atoms with Crippen LogP contribution in [0, 0.1) is 5.41 Å². The normalized spacial score (nSPS) is 24.7. The van der Waals surface area contributed by atoms with Crippen LogP contribution in [0.1, 0.15) is 48.5 Å². The van der Waals surface area contributed by atoms with Crippen molar-refractivity contribution < 1.29 is 19.4 Å². The fourth-order valence-corrected chi connectivity index (χ4v) is 1.87. The average molecular weight is 256 g/mol. The quantitative estimate of drug-likeness (QED) is 0.839. The van der Waals surface area contributed by atoms with Gasteiger partial charge in [-0.05, 0) is 27.7 Å². The molecule has 1 aliphatic carbocycles. The molecule has 0 amide bonds. The number of ketones is 1. The maximum Gasteiger partial charge on any atom is 0.240 e. The standard InChI is InChI=1S/C14H24O4/c1-8(2)17-10-11(15)14(16,13(5,6)7)12(10)18-9(3)4/h8-9,16H,1-7H3. The molecule has 0 aromatic rings. The van der Waals surface area contributed by atoms with Crippen molar-refractivity contribution in [1.29, 1.82) is 0 Å². The number of rotatable bonds is 4. The fourth-order valence-electron chi connectivity index (χ4n) is 1.87. The second kappa shape index (κ2) is 4.57. The molecule has 1 aliphatic rings. The van der Waals surface area contributed by atoms with Crippen molar-refractivity contribution in [1.82, 2.24) is 0 Å². The molecule has 104 valence electrons. The fraction of sp³-hybridized carbons (Fsp3) is 0.786. The van der Waals surface area contributed by atoms with Crippen LogP contribution in [0.4, 0.5) is 0 Å². The maximum atomic E-state index is 12.1. The first-order chi connectivity index (χ1) is 8.01. The Bertz CT molecular complexity index is 374. The molecule has 18 heavy (non-hydrogen) atoms. The molecule has 1 atom stereocenters. The molecule has 1 unspecified atom stereocenters. The molecule has 0 spiro atoms. The number of carbonyl (C=O) groups excluding carboxylic acids is 1. The molecule has 4 nitrogen and oxygen atoms in total. The predicted molar refractivity (Wildman–Crippen MR) is 68.9 cm³/mol. The van der Waals surface area contributed by atoms with Gasteiger partial charge in [0.1, 0.15) is 0 Å². The Hall–Kier alpha value is -1.03. The van der Waals surface area contributed by atoms with E-state index >= 15 is 0 Å². The van der Waals surface area contributed by atoms with Crippen LogP contribution in [0.2, 0.25) is 0 Å². The van der Waals surface area contributed by atoms with Crippen molar-refractivity contribution in [2.75, 3.05) is 0 Å². The van der Waals surface area contributed by atoms with Crippen LogP contribution in [0.15, 0.2) is 11.5 Å². The van der Waals surface area contributed by atoms with E-state index in [2.05, 4.69) is 0 Å². The molecule has 0 bridgehead atoms. The van der Waals surface area contributed by atoms with Gasteiger partial charge in [-0.1, -0.05) is 20.8 Å². The van der Waals surface area contributed by atoms with Crippen molar-refractivity contribution in [2.45, 2.75) is 66.3 Å². The lowest BCUT2D eigenvalue weighted by Gasteiger charge is -2.47. The van der Waals surface area contributed by atoms with E-state index in [4.69, 9.17) is 9.47 Å². The van der Waals surface area contributed by atoms with Gasteiger partial charge in [-0.25, -0.2) is 0 Å². The maximum absolute atomic E-state index is 12.1. The third kappa shape index (κ3) is 2.26. The van der Waals surface area contributed by atoms with Crippen molar-refractivity contribution >= 4 is 5.78 Å². The van der Waals surface area contributed by atoms with E-state index in [0.29, 0.717) is 0 Å². The molecule has 1 N–H and O–H groups in total. The molecule has 4 heteroatoms. The first-order valence-corrected chi connectivity index (χ1v) is 6.37. The molecular formula is C14H24O4. The van der Waals surface area contributed by atoms with Crippen LogP contribution in [-0.4, -0.2) is 28.7 Å². The lowest BCUT2D eigenvalue weighted by Crippen LogP contribution is -2.61. The van der Waals surface area contributed by atoms with Crippen molar-refractivity contribution in [3.8, 4) is 0 Å². The monoisotopic (exact) mass is 256 g/mol. The van der Waals surface area contributed by atoms with Crippen LogP contribution in [0.5, 0.6) is 0 Å². The van der Waals surface area contributed by atoms with E-state index in [1.54, 1.807) is 20.8 Å². The smallest absolute Gasteiger partial charge is 0.240 e. The van der Waals surface area contributed by atoms with Crippen molar-refractivity contribution in [3.05, 3.63) is 11.5 Å². The Kier molecular flexibility index (Phi) is 3.82. The van der Waals surface area contributed by atoms with Crippen LogP contribution >= 0.6 is 0 Å². The molecule has 0 fully saturated rings. The first-order valence-electron chi connectivity index (χ1n) is 6.37. The first kappa shape index (κ1) is 15.0. The zero-order chi connectivity index (χ0) is 14.3. The van der Waals surface area contributed by atoms with Crippen LogP contribution in [-0.2, 0) is 14.3 Å². The lowest BCUT2D eigenvalue weighted by atomic mass is 9.65. The van der Waals surface area contributed by atoms with Gasteiger partial charge < -0.3 is 14.6 Å². The summed E-state index contributed by atoms with van der Waals surface area (Å²) in [5.74, 6) is 0.0409. The highest BCUT2D eigenvalue weighted by atomic mass is 16.6. The van der Waals surface area contributed by atoms with Gasteiger partial charge >= 0.3 is 0 Å². The summed E-state index contributed by atoms with van der Waals surface area (Å²) >= 11 is 0. The minimum absolute atomic E-state index is 0.118. The Morgan fingerprint density at radius 3 is 1.83 bits per heavy atom. The van der Waals surface area contributed by atoms with Gasteiger partial charge in [-0.15, -0.1) is 0 Å². The van der Waals surface area contributed by atoms with Gasteiger partial charge in [-0.3, -0.25) is 4.79 Å². The molecule has 1 rings (SSSR count). The molecule has 0 heterocycles. The second-order valence-electron chi connectivity index (χ2n) is 6.28.